The molecule has 0 bridgehead atoms. The van der Waals surface area contributed by atoms with Crippen molar-refractivity contribution in [3.63, 3.8) is 0 Å². The first kappa shape index (κ1) is 17.1. The van der Waals surface area contributed by atoms with Crippen LogP contribution in [-0.4, -0.2) is 38.8 Å². The SMILES string of the molecule is CN(CCCC(=O)N1CCc2ccccc21)S(=O)(=O)c1cccs1. The minimum atomic E-state index is -3.43. The number of anilines is 1. The number of fused-ring (bicyclic) bond motifs is 1. The van der Waals surface area contributed by atoms with Gasteiger partial charge in [0.05, 0.1) is 0 Å². The number of hydrogen-bond acceptors (Lipinski definition) is 4. The predicted molar refractivity (Wildman–Crippen MR) is 95.9 cm³/mol. The van der Waals surface area contributed by atoms with Gasteiger partial charge in [-0.2, -0.15) is 0 Å². The van der Waals surface area contributed by atoms with Crippen molar-refractivity contribution in [2.24, 2.45) is 0 Å². The van der Waals surface area contributed by atoms with Crippen molar-refractivity contribution in [3.05, 3.63) is 47.3 Å². The second kappa shape index (κ2) is 7.04. The molecular weight excluding hydrogens is 344 g/mol. The lowest BCUT2D eigenvalue weighted by Gasteiger charge is -2.19. The van der Waals surface area contributed by atoms with Gasteiger partial charge < -0.3 is 4.90 Å². The minimum absolute atomic E-state index is 0.0573. The van der Waals surface area contributed by atoms with Gasteiger partial charge in [0.2, 0.25) is 5.91 Å². The van der Waals surface area contributed by atoms with E-state index in [-0.39, 0.29) is 5.91 Å². The number of para-hydroxylation sites is 1. The third kappa shape index (κ3) is 3.38. The van der Waals surface area contributed by atoms with Gasteiger partial charge in [0.15, 0.2) is 0 Å². The Balaban J connectivity index is 1.55. The number of carbonyl (C=O) groups is 1. The van der Waals surface area contributed by atoms with E-state index < -0.39 is 10.0 Å². The maximum Gasteiger partial charge on any atom is 0.252 e. The highest BCUT2D eigenvalue weighted by Crippen LogP contribution is 2.28. The molecule has 2 heterocycles. The van der Waals surface area contributed by atoms with Gasteiger partial charge in [-0.15, -0.1) is 11.3 Å². The van der Waals surface area contributed by atoms with Crippen LogP contribution in [0.3, 0.4) is 0 Å². The van der Waals surface area contributed by atoms with E-state index in [1.165, 1.54) is 21.2 Å². The van der Waals surface area contributed by atoms with Crippen LogP contribution >= 0.6 is 11.3 Å². The molecule has 24 heavy (non-hydrogen) atoms. The van der Waals surface area contributed by atoms with Crippen LogP contribution in [0, 0.1) is 0 Å². The van der Waals surface area contributed by atoms with Crippen molar-refractivity contribution in [2.75, 3.05) is 25.0 Å². The summed E-state index contributed by atoms with van der Waals surface area (Å²) in [4.78, 5) is 14.2. The van der Waals surface area contributed by atoms with Gasteiger partial charge in [0.1, 0.15) is 4.21 Å². The van der Waals surface area contributed by atoms with Gasteiger partial charge in [-0.25, -0.2) is 12.7 Å². The summed E-state index contributed by atoms with van der Waals surface area (Å²) in [7, 11) is -1.87. The lowest BCUT2D eigenvalue weighted by Crippen LogP contribution is -2.31. The number of sulfonamides is 1. The quantitative estimate of drug-likeness (QED) is 0.792. The molecule has 2 aromatic rings. The second-order valence-corrected chi connectivity index (χ2v) is 9.01. The standard InChI is InChI=1S/C17H20N2O3S2/c1-18(24(21,22)17-9-5-13-23-17)11-4-8-16(20)19-12-10-14-6-2-3-7-15(14)19/h2-3,5-7,9,13H,4,8,10-12H2,1H3. The van der Waals surface area contributed by atoms with Crippen LogP contribution in [-0.2, 0) is 21.2 Å². The number of nitrogens with zero attached hydrogens (tertiary/aromatic N) is 2. The Morgan fingerprint density at radius 1 is 1.25 bits per heavy atom. The maximum atomic E-state index is 12.4. The van der Waals surface area contributed by atoms with Crippen LogP contribution in [0.25, 0.3) is 0 Å². The maximum absolute atomic E-state index is 12.4. The zero-order valence-electron chi connectivity index (χ0n) is 13.5. The number of rotatable bonds is 6. The number of carbonyl (C=O) groups excluding carboxylic acids is 1. The largest absolute Gasteiger partial charge is 0.312 e. The Morgan fingerprint density at radius 2 is 2.04 bits per heavy atom. The Morgan fingerprint density at radius 3 is 2.79 bits per heavy atom. The Labute approximate surface area is 146 Å². The minimum Gasteiger partial charge on any atom is -0.312 e. The molecule has 0 radical (unpaired) electrons. The molecule has 0 unspecified atom stereocenters. The van der Waals surface area contributed by atoms with Crippen LogP contribution in [0.2, 0.25) is 0 Å². The fourth-order valence-electron chi connectivity index (χ4n) is 2.87. The molecule has 3 rings (SSSR count). The molecule has 0 atom stereocenters. The van der Waals surface area contributed by atoms with Crippen molar-refractivity contribution in [1.29, 1.82) is 0 Å². The van der Waals surface area contributed by atoms with Gasteiger partial charge in [-0.05, 0) is 35.9 Å². The van der Waals surface area contributed by atoms with Gasteiger partial charge in [0, 0.05) is 32.2 Å². The van der Waals surface area contributed by atoms with E-state index >= 15 is 0 Å². The normalized spacial score (nSPS) is 14.2. The molecule has 0 fully saturated rings. The topological polar surface area (TPSA) is 57.7 Å². The Hall–Kier alpha value is -1.70. The van der Waals surface area contributed by atoms with Gasteiger partial charge >= 0.3 is 0 Å². The van der Waals surface area contributed by atoms with E-state index in [1.54, 1.807) is 24.6 Å². The average molecular weight is 364 g/mol. The fourth-order valence-corrected chi connectivity index (χ4v) is 5.28. The van der Waals surface area contributed by atoms with Crippen molar-refractivity contribution < 1.29 is 13.2 Å². The smallest absolute Gasteiger partial charge is 0.252 e. The zero-order chi connectivity index (χ0) is 17.2. The summed E-state index contributed by atoms with van der Waals surface area (Å²) < 4.78 is 26.3. The predicted octanol–water partition coefficient (Wildman–Crippen LogP) is 2.74. The summed E-state index contributed by atoms with van der Waals surface area (Å²) in [5, 5.41) is 1.75. The van der Waals surface area contributed by atoms with E-state index in [4.69, 9.17) is 0 Å². The van der Waals surface area contributed by atoms with Crippen LogP contribution in [0.4, 0.5) is 5.69 Å². The summed E-state index contributed by atoms with van der Waals surface area (Å²) in [6.45, 7) is 1.04. The summed E-state index contributed by atoms with van der Waals surface area (Å²) in [6, 6.07) is 11.3. The highest BCUT2D eigenvalue weighted by molar-refractivity contribution is 7.91. The first-order valence-electron chi connectivity index (χ1n) is 7.88. The molecule has 0 N–H and O–H groups in total. The molecule has 0 saturated heterocycles. The Kier molecular flexibility index (Phi) is 5.03. The molecule has 0 saturated carbocycles. The summed E-state index contributed by atoms with van der Waals surface area (Å²) >= 11 is 1.21. The Bertz CT molecular complexity index is 816. The van der Waals surface area contributed by atoms with Crippen LogP contribution < -0.4 is 4.90 Å². The van der Waals surface area contributed by atoms with Crippen LogP contribution in [0.5, 0.6) is 0 Å². The molecule has 128 valence electrons. The zero-order valence-corrected chi connectivity index (χ0v) is 15.1. The van der Waals surface area contributed by atoms with Gasteiger partial charge in [-0.1, -0.05) is 24.3 Å². The summed E-state index contributed by atoms with van der Waals surface area (Å²) in [6.07, 6.45) is 1.74. The second-order valence-electron chi connectivity index (χ2n) is 5.79. The van der Waals surface area contributed by atoms with Gasteiger partial charge in [0.25, 0.3) is 10.0 Å². The van der Waals surface area contributed by atoms with Crippen molar-refractivity contribution in [3.8, 4) is 0 Å². The number of benzene rings is 1. The molecule has 7 heteroatoms. The number of hydrogen-bond donors (Lipinski definition) is 0. The molecule has 1 aromatic heterocycles. The third-order valence-electron chi connectivity index (χ3n) is 4.21. The van der Waals surface area contributed by atoms with Crippen molar-refractivity contribution >= 4 is 33.0 Å². The molecule has 0 aliphatic carbocycles. The lowest BCUT2D eigenvalue weighted by molar-refractivity contribution is -0.118. The number of thiophene rings is 1. The molecular formula is C17H20N2O3S2. The fraction of sp³-hybridized carbons (Fsp3) is 0.353. The molecule has 5 nitrogen and oxygen atoms in total. The molecule has 0 spiro atoms. The van der Waals surface area contributed by atoms with Crippen LogP contribution in [0.15, 0.2) is 46.0 Å². The van der Waals surface area contributed by atoms with Gasteiger partial charge in [-0.3, -0.25) is 4.79 Å². The van der Waals surface area contributed by atoms with Crippen molar-refractivity contribution in [2.45, 2.75) is 23.5 Å². The van der Waals surface area contributed by atoms with Crippen molar-refractivity contribution in [1.82, 2.24) is 4.31 Å². The third-order valence-corrected chi connectivity index (χ3v) is 7.44. The average Bonchev–Trinajstić information content (AvgIpc) is 3.24. The van der Waals surface area contributed by atoms with E-state index in [1.807, 2.05) is 29.2 Å². The summed E-state index contributed by atoms with van der Waals surface area (Å²) in [5.74, 6) is 0.0573. The lowest BCUT2D eigenvalue weighted by atomic mass is 10.2. The monoisotopic (exact) mass is 364 g/mol. The highest BCUT2D eigenvalue weighted by atomic mass is 32.2. The molecule has 1 amide bonds. The number of amides is 1. The molecule has 1 aromatic carbocycles. The van der Waals surface area contributed by atoms with E-state index in [0.717, 1.165) is 12.1 Å². The molecule has 1 aliphatic rings. The first-order valence-corrected chi connectivity index (χ1v) is 10.2. The van der Waals surface area contributed by atoms with E-state index in [2.05, 4.69) is 0 Å². The van der Waals surface area contributed by atoms with E-state index in [9.17, 15) is 13.2 Å². The van der Waals surface area contributed by atoms with E-state index in [0.29, 0.717) is 30.1 Å². The first-order chi connectivity index (χ1) is 11.5. The molecule has 1 aliphatic heterocycles. The van der Waals surface area contributed by atoms with Crippen LogP contribution in [0.1, 0.15) is 18.4 Å². The summed E-state index contributed by atoms with van der Waals surface area (Å²) in [5.41, 5.74) is 2.19. The highest BCUT2D eigenvalue weighted by Gasteiger charge is 2.25.